The van der Waals surface area contributed by atoms with Crippen molar-refractivity contribution in [1.82, 2.24) is 10.2 Å². The van der Waals surface area contributed by atoms with E-state index >= 15 is 0 Å². The van der Waals surface area contributed by atoms with Crippen molar-refractivity contribution in [2.75, 3.05) is 37.6 Å². The van der Waals surface area contributed by atoms with Gasteiger partial charge in [-0.05, 0) is 38.1 Å². The normalized spacial score (nSPS) is 18.3. The van der Waals surface area contributed by atoms with Crippen molar-refractivity contribution in [3.05, 3.63) is 65.2 Å². The molecule has 1 unspecified atom stereocenters. The molecule has 7 heteroatoms. The lowest BCUT2D eigenvalue weighted by atomic mass is 9.97. The van der Waals surface area contributed by atoms with Crippen LogP contribution >= 0.6 is 0 Å². The average molecular weight is 436 g/mol. The van der Waals surface area contributed by atoms with E-state index in [4.69, 9.17) is 4.74 Å². The van der Waals surface area contributed by atoms with Crippen molar-refractivity contribution >= 4 is 23.5 Å². The van der Waals surface area contributed by atoms with Crippen LogP contribution in [0.2, 0.25) is 0 Å². The first kappa shape index (κ1) is 22.0. The second kappa shape index (κ2) is 9.96. The van der Waals surface area contributed by atoms with Crippen molar-refractivity contribution in [2.24, 2.45) is 0 Å². The minimum Gasteiger partial charge on any atom is -0.453 e. The molecule has 1 fully saturated rings. The Morgan fingerprint density at radius 1 is 1.00 bits per heavy atom. The van der Waals surface area contributed by atoms with Crippen molar-refractivity contribution in [1.29, 1.82) is 0 Å². The van der Waals surface area contributed by atoms with E-state index in [1.807, 2.05) is 24.3 Å². The molecule has 0 spiro atoms. The number of hydrogen-bond donors (Lipinski definition) is 1. The number of hydrogen-bond acceptors (Lipinski definition) is 5. The van der Waals surface area contributed by atoms with Crippen LogP contribution < -0.4 is 10.2 Å². The summed E-state index contributed by atoms with van der Waals surface area (Å²) in [5, 5.41) is 2.96. The van der Waals surface area contributed by atoms with E-state index in [-0.39, 0.29) is 18.4 Å². The van der Waals surface area contributed by atoms with Gasteiger partial charge < -0.3 is 15.0 Å². The Hall–Kier alpha value is -3.19. The number of likely N-dealkylation sites (tertiary alicyclic amines) is 1. The van der Waals surface area contributed by atoms with Gasteiger partial charge in [0.1, 0.15) is 6.54 Å². The van der Waals surface area contributed by atoms with Crippen LogP contribution in [0.15, 0.2) is 48.5 Å². The Balaban J connectivity index is 1.56. The highest BCUT2D eigenvalue weighted by Crippen LogP contribution is 2.39. The maximum absolute atomic E-state index is 13.5. The molecule has 0 bridgehead atoms. The van der Waals surface area contributed by atoms with Crippen LogP contribution in [0.5, 0.6) is 0 Å². The summed E-state index contributed by atoms with van der Waals surface area (Å²) in [6.45, 7) is 4.76. The fraction of sp³-hybridized carbons (Fsp3) is 0.400. The molecule has 2 heterocycles. The lowest BCUT2D eigenvalue weighted by Crippen LogP contribution is -2.43. The number of rotatable bonds is 6. The van der Waals surface area contributed by atoms with Crippen LogP contribution in [0.25, 0.3) is 0 Å². The van der Waals surface area contributed by atoms with Gasteiger partial charge in [-0.15, -0.1) is 0 Å². The third-order valence-corrected chi connectivity index (χ3v) is 6.01. The highest BCUT2D eigenvalue weighted by Gasteiger charge is 2.34. The van der Waals surface area contributed by atoms with Crippen LogP contribution in [-0.2, 0) is 14.3 Å². The average Bonchev–Trinajstić information content (AvgIpc) is 2.89. The van der Waals surface area contributed by atoms with Crippen molar-refractivity contribution in [3.8, 4) is 0 Å². The predicted molar refractivity (Wildman–Crippen MR) is 121 cm³/mol. The third-order valence-electron chi connectivity index (χ3n) is 6.01. The van der Waals surface area contributed by atoms with E-state index in [1.165, 1.54) is 31.1 Å². The zero-order chi connectivity index (χ0) is 22.5. The number of amides is 2. The quantitative estimate of drug-likeness (QED) is 0.706. The van der Waals surface area contributed by atoms with Crippen LogP contribution in [-0.4, -0.2) is 55.4 Å². The number of para-hydroxylation sites is 1. The summed E-state index contributed by atoms with van der Waals surface area (Å²) >= 11 is 0. The van der Waals surface area contributed by atoms with Gasteiger partial charge in [-0.2, -0.15) is 0 Å². The summed E-state index contributed by atoms with van der Waals surface area (Å²) in [6, 6.07) is 14.4. The number of piperidine rings is 1. The molecule has 7 nitrogen and oxygen atoms in total. The first-order valence-corrected chi connectivity index (χ1v) is 11.2. The summed E-state index contributed by atoms with van der Waals surface area (Å²) in [5.74, 6) is -0.932. The minimum absolute atomic E-state index is 0.100. The van der Waals surface area contributed by atoms with Crippen LogP contribution in [0.4, 0.5) is 5.69 Å². The Bertz CT molecular complexity index is 1000. The van der Waals surface area contributed by atoms with Crippen LogP contribution in [0, 0.1) is 0 Å². The number of anilines is 1. The van der Waals surface area contributed by atoms with E-state index in [1.54, 1.807) is 24.3 Å². The molecule has 2 aromatic rings. The maximum atomic E-state index is 13.5. The van der Waals surface area contributed by atoms with E-state index in [2.05, 4.69) is 10.2 Å². The third kappa shape index (κ3) is 4.83. The molecular weight excluding hydrogens is 406 g/mol. The molecule has 2 amide bonds. The molecule has 168 valence electrons. The summed E-state index contributed by atoms with van der Waals surface area (Å²) < 4.78 is 5.63. The lowest BCUT2D eigenvalue weighted by Gasteiger charge is -2.27. The SMILES string of the molecule is CC(=O)OC1c2ccccc2C(=O)N(CC(=O)NCCN2CCCCC2)c2ccccc21. The molecule has 32 heavy (non-hydrogen) atoms. The predicted octanol–water partition coefficient (Wildman–Crippen LogP) is 2.90. The van der Waals surface area contributed by atoms with Gasteiger partial charge in [0.05, 0.1) is 5.69 Å². The molecule has 1 saturated heterocycles. The van der Waals surface area contributed by atoms with Gasteiger partial charge in [0, 0.05) is 36.7 Å². The molecule has 0 saturated carbocycles. The van der Waals surface area contributed by atoms with Crippen molar-refractivity contribution in [3.63, 3.8) is 0 Å². The fourth-order valence-electron chi connectivity index (χ4n) is 4.48. The molecule has 2 aliphatic rings. The zero-order valence-corrected chi connectivity index (χ0v) is 18.4. The van der Waals surface area contributed by atoms with Gasteiger partial charge in [0.15, 0.2) is 6.10 Å². The number of nitrogens with one attached hydrogen (secondary N) is 1. The minimum atomic E-state index is -0.712. The molecule has 0 aromatic heterocycles. The van der Waals surface area contributed by atoms with Crippen molar-refractivity contribution in [2.45, 2.75) is 32.3 Å². The molecule has 0 aliphatic carbocycles. The number of benzene rings is 2. The van der Waals surface area contributed by atoms with E-state index in [0.717, 1.165) is 19.6 Å². The fourth-order valence-corrected chi connectivity index (χ4v) is 4.48. The van der Waals surface area contributed by atoms with Gasteiger partial charge in [0.25, 0.3) is 5.91 Å². The lowest BCUT2D eigenvalue weighted by molar-refractivity contribution is -0.144. The van der Waals surface area contributed by atoms with E-state index in [0.29, 0.717) is 28.9 Å². The van der Waals surface area contributed by atoms with Crippen molar-refractivity contribution < 1.29 is 19.1 Å². The van der Waals surface area contributed by atoms with Crippen LogP contribution in [0.3, 0.4) is 0 Å². The molecule has 4 rings (SSSR count). The van der Waals surface area contributed by atoms with E-state index in [9.17, 15) is 14.4 Å². The maximum Gasteiger partial charge on any atom is 0.303 e. The van der Waals surface area contributed by atoms with E-state index < -0.39 is 12.1 Å². The first-order valence-electron chi connectivity index (χ1n) is 11.2. The first-order chi connectivity index (χ1) is 15.5. The Kier molecular flexibility index (Phi) is 6.85. The molecule has 1 N–H and O–H groups in total. The highest BCUT2D eigenvalue weighted by molar-refractivity contribution is 6.11. The Morgan fingerprint density at radius 2 is 1.69 bits per heavy atom. The number of carbonyl (C=O) groups is 3. The molecule has 1 atom stereocenters. The number of carbonyl (C=O) groups excluding carboxylic acids is 3. The van der Waals surface area contributed by atoms with Gasteiger partial charge in [0.2, 0.25) is 5.91 Å². The standard InChI is InChI=1S/C25H29N3O4/c1-18(29)32-24-19-9-3-4-10-20(19)25(31)28(22-12-6-5-11-21(22)24)17-23(30)26-13-16-27-14-7-2-8-15-27/h3-6,9-12,24H,2,7-8,13-17H2,1H3,(H,26,30). The smallest absolute Gasteiger partial charge is 0.303 e. The highest BCUT2D eigenvalue weighted by atomic mass is 16.5. The summed E-state index contributed by atoms with van der Waals surface area (Å²) in [5.41, 5.74) is 2.30. The Morgan fingerprint density at radius 3 is 2.44 bits per heavy atom. The monoisotopic (exact) mass is 435 g/mol. The largest absolute Gasteiger partial charge is 0.453 e. The summed E-state index contributed by atoms with van der Waals surface area (Å²) in [7, 11) is 0. The number of esters is 1. The second-order valence-corrected chi connectivity index (χ2v) is 8.28. The second-order valence-electron chi connectivity index (χ2n) is 8.28. The molecular formula is C25H29N3O4. The van der Waals surface area contributed by atoms with Crippen LogP contribution in [0.1, 0.15) is 53.8 Å². The zero-order valence-electron chi connectivity index (χ0n) is 18.4. The Labute approximate surface area is 188 Å². The van der Waals surface area contributed by atoms with Gasteiger partial charge in [-0.3, -0.25) is 19.3 Å². The topological polar surface area (TPSA) is 79.0 Å². The molecule has 2 aliphatic heterocycles. The number of ether oxygens (including phenoxy) is 1. The summed E-state index contributed by atoms with van der Waals surface area (Å²) in [4.78, 5) is 41.9. The molecule has 2 aromatic carbocycles. The van der Waals surface area contributed by atoms with Gasteiger partial charge in [-0.25, -0.2) is 0 Å². The molecule has 0 radical (unpaired) electrons. The van der Waals surface area contributed by atoms with Gasteiger partial charge in [-0.1, -0.05) is 42.8 Å². The number of nitrogens with zero attached hydrogens (tertiary/aromatic N) is 2. The van der Waals surface area contributed by atoms with Gasteiger partial charge >= 0.3 is 5.97 Å². The number of fused-ring (bicyclic) bond motifs is 2. The summed E-state index contributed by atoms with van der Waals surface area (Å²) in [6.07, 6.45) is 2.97.